The van der Waals surface area contributed by atoms with Crippen molar-refractivity contribution in [1.29, 1.82) is 0 Å². The van der Waals surface area contributed by atoms with Gasteiger partial charge in [0, 0.05) is 5.56 Å². The maximum absolute atomic E-state index is 5.75. The molecule has 0 heterocycles. The van der Waals surface area contributed by atoms with Gasteiger partial charge in [0.05, 0.1) is 0 Å². The number of hydrogen-bond donors (Lipinski definition) is 1. The van der Waals surface area contributed by atoms with Crippen LogP contribution in [0.1, 0.15) is 16.7 Å². The second-order valence-corrected chi connectivity index (χ2v) is 4.55. The van der Waals surface area contributed by atoms with E-state index in [9.17, 15) is 0 Å². The van der Waals surface area contributed by atoms with E-state index in [1.165, 1.54) is 11.1 Å². The Balaban J connectivity index is 2.09. The van der Waals surface area contributed by atoms with Crippen LogP contribution in [0.3, 0.4) is 0 Å². The first-order valence-corrected chi connectivity index (χ1v) is 6.15. The quantitative estimate of drug-likeness (QED) is 0.854. The largest absolute Gasteiger partial charge is 0.489 e. The standard InChI is InChI=1S/C15H15NOS/c1-11-5-2-3-6-13(11)10-17-14-8-4-7-12(9-14)15(16)18/h2-9H,10H2,1H3,(H2,16,18). The van der Waals surface area contributed by atoms with E-state index in [0.717, 1.165) is 11.3 Å². The summed E-state index contributed by atoms with van der Waals surface area (Å²) in [4.78, 5) is 0.386. The molecule has 0 aliphatic heterocycles. The van der Waals surface area contributed by atoms with Gasteiger partial charge in [0.15, 0.2) is 0 Å². The highest BCUT2D eigenvalue weighted by Crippen LogP contribution is 2.16. The van der Waals surface area contributed by atoms with Crippen LogP contribution in [0.15, 0.2) is 48.5 Å². The summed E-state index contributed by atoms with van der Waals surface area (Å²) in [5.41, 5.74) is 8.82. The molecule has 0 saturated carbocycles. The van der Waals surface area contributed by atoms with E-state index in [1.807, 2.05) is 36.4 Å². The molecule has 3 heteroatoms. The molecule has 0 aliphatic rings. The summed E-state index contributed by atoms with van der Waals surface area (Å²) in [6.45, 7) is 2.62. The van der Waals surface area contributed by atoms with Crippen molar-refractivity contribution < 1.29 is 4.74 Å². The highest BCUT2D eigenvalue weighted by Gasteiger charge is 2.01. The van der Waals surface area contributed by atoms with Crippen molar-refractivity contribution in [3.05, 3.63) is 65.2 Å². The van der Waals surface area contributed by atoms with Crippen molar-refractivity contribution in [2.75, 3.05) is 0 Å². The molecule has 0 radical (unpaired) electrons. The number of aryl methyl sites for hydroxylation is 1. The molecular weight excluding hydrogens is 242 g/mol. The summed E-state index contributed by atoms with van der Waals surface area (Å²) in [5, 5.41) is 0. The van der Waals surface area contributed by atoms with Crippen molar-refractivity contribution >= 4 is 17.2 Å². The highest BCUT2D eigenvalue weighted by molar-refractivity contribution is 7.80. The van der Waals surface area contributed by atoms with E-state index in [2.05, 4.69) is 19.1 Å². The van der Waals surface area contributed by atoms with Crippen LogP contribution >= 0.6 is 12.2 Å². The zero-order valence-corrected chi connectivity index (χ0v) is 11.0. The maximum Gasteiger partial charge on any atom is 0.120 e. The molecule has 0 atom stereocenters. The molecule has 2 aromatic rings. The van der Waals surface area contributed by atoms with Crippen molar-refractivity contribution in [3.8, 4) is 5.75 Å². The zero-order chi connectivity index (χ0) is 13.0. The Labute approximate surface area is 112 Å². The third kappa shape index (κ3) is 3.08. The smallest absolute Gasteiger partial charge is 0.120 e. The first-order chi connectivity index (χ1) is 8.66. The highest BCUT2D eigenvalue weighted by atomic mass is 32.1. The lowest BCUT2D eigenvalue weighted by Gasteiger charge is -2.09. The minimum absolute atomic E-state index is 0.386. The first-order valence-electron chi connectivity index (χ1n) is 5.74. The first kappa shape index (κ1) is 12.6. The van der Waals surface area contributed by atoms with Gasteiger partial charge >= 0.3 is 0 Å². The van der Waals surface area contributed by atoms with Gasteiger partial charge in [-0.2, -0.15) is 0 Å². The average molecular weight is 257 g/mol. The molecule has 92 valence electrons. The average Bonchev–Trinajstić information content (AvgIpc) is 2.38. The summed E-state index contributed by atoms with van der Waals surface area (Å²) >= 11 is 4.94. The summed E-state index contributed by atoms with van der Waals surface area (Å²) in [6.07, 6.45) is 0. The van der Waals surface area contributed by atoms with Gasteiger partial charge in [0.25, 0.3) is 0 Å². The monoisotopic (exact) mass is 257 g/mol. The lowest BCUT2D eigenvalue weighted by atomic mass is 10.1. The molecule has 2 N–H and O–H groups in total. The number of ether oxygens (including phenoxy) is 1. The molecule has 2 nitrogen and oxygen atoms in total. The van der Waals surface area contributed by atoms with E-state index < -0.39 is 0 Å². The molecule has 2 aromatic carbocycles. The molecule has 0 saturated heterocycles. The predicted octanol–water partition coefficient (Wildman–Crippen LogP) is 3.21. The van der Waals surface area contributed by atoms with Gasteiger partial charge in [-0.1, -0.05) is 48.6 Å². The molecular formula is C15H15NOS. The summed E-state index contributed by atoms with van der Waals surface area (Å²) in [5.74, 6) is 0.781. The fourth-order valence-electron chi connectivity index (χ4n) is 1.67. The SMILES string of the molecule is Cc1ccccc1COc1cccc(C(N)=S)c1. The van der Waals surface area contributed by atoms with Crippen LogP contribution in [0, 0.1) is 6.92 Å². The molecule has 0 aromatic heterocycles. The number of rotatable bonds is 4. The maximum atomic E-state index is 5.75. The van der Waals surface area contributed by atoms with Crippen LogP contribution in [0.5, 0.6) is 5.75 Å². The van der Waals surface area contributed by atoms with E-state index in [1.54, 1.807) is 0 Å². The van der Waals surface area contributed by atoms with Gasteiger partial charge in [-0.15, -0.1) is 0 Å². The Bertz CT molecular complexity index is 566. The third-order valence-electron chi connectivity index (χ3n) is 2.77. The molecule has 0 amide bonds. The van der Waals surface area contributed by atoms with Crippen molar-refractivity contribution in [3.63, 3.8) is 0 Å². The Hall–Kier alpha value is -1.87. The molecule has 0 aliphatic carbocycles. The van der Waals surface area contributed by atoms with Crippen LogP contribution in [0.4, 0.5) is 0 Å². The third-order valence-corrected chi connectivity index (χ3v) is 3.01. The minimum atomic E-state index is 0.386. The summed E-state index contributed by atoms with van der Waals surface area (Å²) in [7, 11) is 0. The molecule has 0 bridgehead atoms. The summed E-state index contributed by atoms with van der Waals surface area (Å²) in [6, 6.07) is 15.7. The van der Waals surface area contributed by atoms with Gasteiger partial charge < -0.3 is 10.5 Å². The number of nitrogens with two attached hydrogens (primary N) is 1. The predicted molar refractivity (Wildman–Crippen MR) is 77.8 cm³/mol. The lowest BCUT2D eigenvalue weighted by Crippen LogP contribution is -2.09. The van der Waals surface area contributed by atoms with E-state index in [-0.39, 0.29) is 0 Å². The lowest BCUT2D eigenvalue weighted by molar-refractivity contribution is 0.305. The van der Waals surface area contributed by atoms with Gasteiger partial charge in [-0.05, 0) is 30.2 Å². The summed E-state index contributed by atoms with van der Waals surface area (Å²) < 4.78 is 5.75. The zero-order valence-electron chi connectivity index (χ0n) is 10.2. The molecule has 0 unspecified atom stereocenters. The fourth-order valence-corrected chi connectivity index (χ4v) is 1.80. The Morgan fingerprint density at radius 3 is 2.67 bits per heavy atom. The normalized spacial score (nSPS) is 10.1. The second-order valence-electron chi connectivity index (χ2n) is 4.11. The number of benzene rings is 2. The van der Waals surface area contributed by atoms with Crippen molar-refractivity contribution in [1.82, 2.24) is 0 Å². The molecule has 18 heavy (non-hydrogen) atoms. The second kappa shape index (κ2) is 5.65. The fraction of sp³-hybridized carbons (Fsp3) is 0.133. The van der Waals surface area contributed by atoms with Crippen LogP contribution in [0.25, 0.3) is 0 Å². The topological polar surface area (TPSA) is 35.2 Å². The Morgan fingerprint density at radius 1 is 1.17 bits per heavy atom. The van der Waals surface area contributed by atoms with Crippen molar-refractivity contribution in [2.24, 2.45) is 5.73 Å². The number of thiocarbonyl (C=S) groups is 1. The van der Waals surface area contributed by atoms with Gasteiger partial charge in [-0.3, -0.25) is 0 Å². The number of hydrogen-bond acceptors (Lipinski definition) is 2. The molecule has 0 spiro atoms. The van der Waals surface area contributed by atoms with E-state index >= 15 is 0 Å². The van der Waals surface area contributed by atoms with Crippen LogP contribution in [-0.4, -0.2) is 4.99 Å². The van der Waals surface area contributed by atoms with Gasteiger partial charge in [0.2, 0.25) is 0 Å². The van der Waals surface area contributed by atoms with Crippen LogP contribution in [-0.2, 0) is 6.61 Å². The molecule has 0 fully saturated rings. The molecule has 2 rings (SSSR count). The van der Waals surface area contributed by atoms with Gasteiger partial charge in [-0.25, -0.2) is 0 Å². The van der Waals surface area contributed by atoms with Crippen LogP contribution in [0.2, 0.25) is 0 Å². The Morgan fingerprint density at radius 2 is 1.94 bits per heavy atom. The Kier molecular flexibility index (Phi) is 3.95. The van der Waals surface area contributed by atoms with E-state index in [0.29, 0.717) is 11.6 Å². The van der Waals surface area contributed by atoms with E-state index in [4.69, 9.17) is 22.7 Å². The van der Waals surface area contributed by atoms with Crippen LogP contribution < -0.4 is 10.5 Å². The van der Waals surface area contributed by atoms with Crippen molar-refractivity contribution in [2.45, 2.75) is 13.5 Å². The minimum Gasteiger partial charge on any atom is -0.489 e. The van der Waals surface area contributed by atoms with Gasteiger partial charge in [0.1, 0.15) is 17.3 Å².